The maximum atomic E-state index is 11.9. The predicted octanol–water partition coefficient (Wildman–Crippen LogP) is 1.28. The van der Waals surface area contributed by atoms with E-state index in [4.69, 9.17) is 0 Å². The summed E-state index contributed by atoms with van der Waals surface area (Å²) in [6.45, 7) is 3.32. The zero-order valence-corrected chi connectivity index (χ0v) is 12.0. The maximum absolute atomic E-state index is 11.9. The van der Waals surface area contributed by atoms with Gasteiger partial charge in [-0.05, 0) is 42.3 Å². The van der Waals surface area contributed by atoms with E-state index in [1.807, 2.05) is 0 Å². The number of hydrogen-bond donors (Lipinski definition) is 2. The third-order valence-corrected chi connectivity index (χ3v) is 4.03. The number of sulfonamides is 1. The minimum absolute atomic E-state index is 0.101. The molecule has 7 heteroatoms. The lowest BCUT2D eigenvalue weighted by Crippen LogP contribution is -2.34. The Morgan fingerprint density at radius 3 is 2.65 bits per heavy atom. The Kier molecular flexibility index (Phi) is 5.05. The number of aliphatic hydroxyl groups excluding tert-OH is 1. The lowest BCUT2D eigenvalue weighted by molar-refractivity contribution is 0.175. The number of pyridine rings is 1. The van der Waals surface area contributed by atoms with Crippen molar-refractivity contribution in [3.8, 4) is 0 Å². The molecule has 0 amide bonds. The molecule has 0 radical (unpaired) electrons. The fourth-order valence-electron chi connectivity index (χ4n) is 1.43. The minimum Gasteiger partial charge on any atom is -0.393 e. The number of nitrogens with zero attached hydrogens (tertiary/aromatic N) is 1. The molecule has 0 aromatic carbocycles. The topological polar surface area (TPSA) is 79.3 Å². The smallest absolute Gasteiger partial charge is 0.242 e. The quantitative estimate of drug-likeness (QED) is 0.856. The van der Waals surface area contributed by atoms with E-state index >= 15 is 0 Å². The second-order valence-electron chi connectivity index (χ2n) is 3.95. The van der Waals surface area contributed by atoms with Crippen molar-refractivity contribution in [3.05, 3.63) is 22.9 Å². The Hall–Kier alpha value is -0.500. The summed E-state index contributed by atoms with van der Waals surface area (Å²) in [5.41, 5.74) is 0. The van der Waals surface area contributed by atoms with Crippen molar-refractivity contribution in [2.24, 2.45) is 0 Å². The molecule has 96 valence electrons. The summed E-state index contributed by atoms with van der Waals surface area (Å²) in [4.78, 5) is 3.90. The first-order valence-corrected chi connectivity index (χ1v) is 7.40. The molecule has 0 saturated heterocycles. The average Bonchev–Trinajstić information content (AvgIpc) is 2.15. The van der Waals surface area contributed by atoms with Crippen molar-refractivity contribution in [1.82, 2.24) is 9.71 Å². The van der Waals surface area contributed by atoms with Crippen LogP contribution >= 0.6 is 15.9 Å². The van der Waals surface area contributed by atoms with Crippen LogP contribution < -0.4 is 4.72 Å². The molecule has 1 aromatic rings. The van der Waals surface area contributed by atoms with E-state index in [0.717, 1.165) is 0 Å². The Labute approximate surface area is 109 Å². The van der Waals surface area contributed by atoms with Crippen LogP contribution in [-0.4, -0.2) is 30.7 Å². The SMILES string of the molecule is CC(O)CC(C)NS(=O)(=O)c1cncc(Br)c1. The molecule has 1 rings (SSSR count). The van der Waals surface area contributed by atoms with Gasteiger partial charge in [-0.3, -0.25) is 4.98 Å². The first-order chi connectivity index (χ1) is 7.81. The normalized spacial score (nSPS) is 15.5. The summed E-state index contributed by atoms with van der Waals surface area (Å²) < 4.78 is 26.9. The number of hydrogen-bond acceptors (Lipinski definition) is 4. The van der Waals surface area contributed by atoms with E-state index in [2.05, 4.69) is 25.6 Å². The van der Waals surface area contributed by atoms with E-state index in [9.17, 15) is 13.5 Å². The molecule has 2 N–H and O–H groups in total. The van der Waals surface area contributed by atoms with Crippen molar-refractivity contribution in [1.29, 1.82) is 0 Å². The van der Waals surface area contributed by atoms with Crippen LogP contribution in [0.1, 0.15) is 20.3 Å². The molecule has 17 heavy (non-hydrogen) atoms. The molecule has 0 aliphatic rings. The van der Waals surface area contributed by atoms with E-state index in [0.29, 0.717) is 10.9 Å². The fourth-order valence-corrected chi connectivity index (χ4v) is 3.19. The van der Waals surface area contributed by atoms with Crippen LogP contribution in [-0.2, 0) is 10.0 Å². The van der Waals surface area contributed by atoms with Crippen LogP contribution in [0.5, 0.6) is 0 Å². The molecule has 5 nitrogen and oxygen atoms in total. The predicted molar refractivity (Wildman–Crippen MR) is 68.0 cm³/mol. The number of rotatable bonds is 5. The zero-order chi connectivity index (χ0) is 13.1. The van der Waals surface area contributed by atoms with Gasteiger partial charge in [0.2, 0.25) is 10.0 Å². The van der Waals surface area contributed by atoms with Gasteiger partial charge in [0.15, 0.2) is 0 Å². The summed E-state index contributed by atoms with van der Waals surface area (Å²) in [5, 5.41) is 9.18. The van der Waals surface area contributed by atoms with Crippen molar-refractivity contribution in [2.45, 2.75) is 37.3 Å². The summed E-state index contributed by atoms with van der Waals surface area (Å²) in [5.74, 6) is 0. The lowest BCUT2D eigenvalue weighted by atomic mass is 10.2. The van der Waals surface area contributed by atoms with Crippen LogP contribution in [0.3, 0.4) is 0 Å². The van der Waals surface area contributed by atoms with Crippen molar-refractivity contribution in [2.75, 3.05) is 0 Å². The van der Waals surface area contributed by atoms with Crippen LogP contribution in [0, 0.1) is 0 Å². The van der Waals surface area contributed by atoms with E-state index in [1.54, 1.807) is 13.8 Å². The van der Waals surface area contributed by atoms with Gasteiger partial charge in [-0.2, -0.15) is 0 Å². The van der Waals surface area contributed by atoms with Crippen LogP contribution in [0.4, 0.5) is 0 Å². The molecule has 0 aliphatic carbocycles. The molecular formula is C10H15BrN2O3S. The molecule has 2 unspecified atom stereocenters. The highest BCUT2D eigenvalue weighted by Gasteiger charge is 2.18. The van der Waals surface area contributed by atoms with Gasteiger partial charge < -0.3 is 5.11 Å². The third kappa shape index (κ3) is 4.71. The van der Waals surface area contributed by atoms with Gasteiger partial charge in [-0.1, -0.05) is 0 Å². The van der Waals surface area contributed by atoms with Crippen LogP contribution in [0.2, 0.25) is 0 Å². The number of nitrogens with one attached hydrogen (secondary N) is 1. The van der Waals surface area contributed by atoms with Crippen LogP contribution in [0.25, 0.3) is 0 Å². The number of halogens is 1. The summed E-state index contributed by atoms with van der Waals surface area (Å²) in [6, 6.07) is 1.14. The fraction of sp³-hybridized carbons (Fsp3) is 0.500. The van der Waals surface area contributed by atoms with E-state index < -0.39 is 16.1 Å². The lowest BCUT2D eigenvalue weighted by Gasteiger charge is -2.15. The van der Waals surface area contributed by atoms with Gasteiger partial charge in [0.05, 0.1) is 6.10 Å². The molecule has 0 aliphatic heterocycles. The molecule has 0 fully saturated rings. The zero-order valence-electron chi connectivity index (χ0n) is 9.59. The van der Waals surface area contributed by atoms with Crippen LogP contribution in [0.15, 0.2) is 27.8 Å². The standard InChI is InChI=1S/C10H15BrN2O3S/c1-7(3-8(2)14)13-17(15,16)10-4-9(11)5-12-6-10/h4-8,13-14H,3H2,1-2H3. The average molecular weight is 323 g/mol. The van der Waals surface area contributed by atoms with Gasteiger partial charge >= 0.3 is 0 Å². The summed E-state index contributed by atoms with van der Waals surface area (Å²) in [6.07, 6.45) is 2.61. The molecule has 1 heterocycles. The largest absolute Gasteiger partial charge is 0.393 e. The maximum Gasteiger partial charge on any atom is 0.242 e. The molecule has 0 bridgehead atoms. The number of aromatic nitrogens is 1. The highest BCUT2D eigenvalue weighted by Crippen LogP contribution is 2.14. The highest BCUT2D eigenvalue weighted by molar-refractivity contribution is 9.10. The van der Waals surface area contributed by atoms with Gasteiger partial charge in [0.1, 0.15) is 4.90 Å². The summed E-state index contributed by atoms with van der Waals surface area (Å²) in [7, 11) is -3.58. The van der Waals surface area contributed by atoms with E-state index in [1.165, 1.54) is 18.5 Å². The van der Waals surface area contributed by atoms with Crippen molar-refractivity contribution >= 4 is 26.0 Å². The van der Waals surface area contributed by atoms with Gasteiger partial charge in [0.25, 0.3) is 0 Å². The van der Waals surface area contributed by atoms with Crippen molar-refractivity contribution in [3.63, 3.8) is 0 Å². The van der Waals surface area contributed by atoms with Gasteiger partial charge in [-0.25, -0.2) is 13.1 Å². The molecule has 2 atom stereocenters. The highest BCUT2D eigenvalue weighted by atomic mass is 79.9. The number of aliphatic hydroxyl groups is 1. The Bertz CT molecular complexity index is 476. The van der Waals surface area contributed by atoms with Crippen molar-refractivity contribution < 1.29 is 13.5 Å². The second-order valence-corrected chi connectivity index (χ2v) is 6.58. The Balaban J connectivity index is 2.82. The second kappa shape index (κ2) is 5.90. The molecular weight excluding hydrogens is 308 g/mol. The Morgan fingerprint density at radius 1 is 1.47 bits per heavy atom. The summed E-state index contributed by atoms with van der Waals surface area (Å²) >= 11 is 3.17. The molecule has 1 aromatic heterocycles. The third-order valence-electron chi connectivity index (χ3n) is 2.04. The molecule has 0 saturated carbocycles. The van der Waals surface area contributed by atoms with Gasteiger partial charge in [0, 0.05) is 22.9 Å². The first-order valence-electron chi connectivity index (χ1n) is 5.12. The van der Waals surface area contributed by atoms with E-state index in [-0.39, 0.29) is 10.9 Å². The first kappa shape index (κ1) is 14.6. The molecule has 0 spiro atoms. The minimum atomic E-state index is -3.58. The Morgan fingerprint density at radius 2 is 2.12 bits per heavy atom. The monoisotopic (exact) mass is 322 g/mol. The van der Waals surface area contributed by atoms with Gasteiger partial charge in [-0.15, -0.1) is 0 Å².